The minimum atomic E-state index is -0.855. The second kappa shape index (κ2) is 8.19. The SMILES string of the molecule is CCC(Cc1nc(C(C)C)c(-c2ccc(F)c(C)c2)c2ccc(O)cc12)C(=O)O. The Morgan fingerprint density at radius 1 is 1.14 bits per heavy atom. The summed E-state index contributed by atoms with van der Waals surface area (Å²) in [6, 6.07) is 10.1. The third-order valence-electron chi connectivity index (χ3n) is 5.37. The van der Waals surface area contributed by atoms with Crippen molar-refractivity contribution in [3.05, 3.63) is 59.2 Å². The molecule has 0 aliphatic rings. The third kappa shape index (κ3) is 4.09. The number of pyridine rings is 1. The van der Waals surface area contributed by atoms with Crippen molar-refractivity contribution in [2.24, 2.45) is 5.92 Å². The van der Waals surface area contributed by atoms with Gasteiger partial charge in [-0.3, -0.25) is 9.78 Å². The number of aryl methyl sites for hydroxylation is 1. The molecule has 3 rings (SSSR count). The molecule has 0 spiro atoms. The Hall–Kier alpha value is -2.95. The summed E-state index contributed by atoms with van der Waals surface area (Å²) in [5.74, 6) is -1.49. The number of hydrogen-bond donors (Lipinski definition) is 2. The number of aliphatic carboxylic acids is 1. The molecule has 2 N–H and O–H groups in total. The number of rotatable bonds is 6. The number of fused-ring (bicyclic) bond motifs is 1. The average Bonchev–Trinajstić information content (AvgIpc) is 2.67. The number of carboxylic acid groups (broad SMARTS) is 1. The topological polar surface area (TPSA) is 70.4 Å². The number of aromatic hydroxyl groups is 1. The monoisotopic (exact) mass is 395 g/mol. The maximum atomic E-state index is 13.9. The van der Waals surface area contributed by atoms with E-state index in [1.807, 2.05) is 26.8 Å². The van der Waals surface area contributed by atoms with Crippen molar-refractivity contribution in [1.82, 2.24) is 4.98 Å². The number of nitrogens with zero attached hydrogens (tertiary/aromatic N) is 1. The zero-order chi connectivity index (χ0) is 21.3. The number of benzene rings is 2. The van der Waals surface area contributed by atoms with Crippen LogP contribution < -0.4 is 0 Å². The van der Waals surface area contributed by atoms with Crippen LogP contribution in [0.25, 0.3) is 21.9 Å². The molecule has 29 heavy (non-hydrogen) atoms. The van der Waals surface area contributed by atoms with Crippen LogP contribution in [0.15, 0.2) is 36.4 Å². The standard InChI is InChI=1S/C24H26FNO3/c1-5-15(24(28)29)11-21-19-12-17(27)7-8-18(19)22(23(26-21)13(2)3)16-6-9-20(25)14(4)10-16/h6-10,12-13,15,27H,5,11H2,1-4H3,(H,28,29). The van der Waals surface area contributed by atoms with Crippen LogP contribution in [0.2, 0.25) is 0 Å². The van der Waals surface area contributed by atoms with Gasteiger partial charge in [0.1, 0.15) is 11.6 Å². The van der Waals surface area contributed by atoms with Gasteiger partial charge in [0.2, 0.25) is 0 Å². The van der Waals surface area contributed by atoms with E-state index in [4.69, 9.17) is 4.98 Å². The van der Waals surface area contributed by atoms with Gasteiger partial charge in [-0.15, -0.1) is 0 Å². The Labute approximate surface area is 170 Å². The van der Waals surface area contributed by atoms with Gasteiger partial charge in [0.15, 0.2) is 0 Å². The lowest BCUT2D eigenvalue weighted by atomic mass is 9.89. The average molecular weight is 395 g/mol. The van der Waals surface area contributed by atoms with Crippen LogP contribution in [0.3, 0.4) is 0 Å². The number of hydrogen-bond acceptors (Lipinski definition) is 3. The molecule has 5 heteroatoms. The summed E-state index contributed by atoms with van der Waals surface area (Å²) in [7, 11) is 0. The lowest BCUT2D eigenvalue weighted by molar-refractivity contribution is -0.141. The molecule has 1 atom stereocenters. The normalized spacial score (nSPS) is 12.5. The van der Waals surface area contributed by atoms with E-state index in [1.165, 1.54) is 6.07 Å². The number of phenols is 1. The molecule has 0 aliphatic heterocycles. The van der Waals surface area contributed by atoms with Crippen LogP contribution in [0.4, 0.5) is 4.39 Å². The van der Waals surface area contributed by atoms with Gasteiger partial charge in [0.25, 0.3) is 0 Å². The predicted molar refractivity (Wildman–Crippen MR) is 113 cm³/mol. The fourth-order valence-electron chi connectivity index (χ4n) is 3.71. The highest BCUT2D eigenvalue weighted by atomic mass is 19.1. The van der Waals surface area contributed by atoms with Crippen molar-refractivity contribution >= 4 is 16.7 Å². The Morgan fingerprint density at radius 2 is 1.86 bits per heavy atom. The maximum absolute atomic E-state index is 13.9. The molecule has 2 aromatic carbocycles. The van der Waals surface area contributed by atoms with Crippen LogP contribution in [-0.2, 0) is 11.2 Å². The predicted octanol–water partition coefficient (Wildman–Crippen LogP) is 5.83. The number of aromatic nitrogens is 1. The van der Waals surface area contributed by atoms with E-state index in [-0.39, 0.29) is 23.9 Å². The molecule has 0 saturated carbocycles. The maximum Gasteiger partial charge on any atom is 0.306 e. The van der Waals surface area contributed by atoms with E-state index in [0.29, 0.717) is 17.7 Å². The first-order valence-electron chi connectivity index (χ1n) is 9.87. The van der Waals surface area contributed by atoms with Gasteiger partial charge in [0.05, 0.1) is 11.6 Å². The number of halogens is 1. The largest absolute Gasteiger partial charge is 0.508 e. The van der Waals surface area contributed by atoms with Crippen molar-refractivity contribution < 1.29 is 19.4 Å². The first-order valence-corrected chi connectivity index (χ1v) is 9.87. The number of carbonyl (C=O) groups is 1. The molecule has 0 radical (unpaired) electrons. The quantitative estimate of drug-likeness (QED) is 0.551. The first-order chi connectivity index (χ1) is 13.7. The van der Waals surface area contributed by atoms with E-state index in [2.05, 4.69) is 0 Å². The van der Waals surface area contributed by atoms with Gasteiger partial charge in [0, 0.05) is 23.1 Å². The van der Waals surface area contributed by atoms with E-state index >= 15 is 0 Å². The van der Waals surface area contributed by atoms with Gasteiger partial charge in [-0.25, -0.2) is 4.39 Å². The van der Waals surface area contributed by atoms with E-state index in [9.17, 15) is 19.4 Å². The molecule has 4 nitrogen and oxygen atoms in total. The Morgan fingerprint density at radius 3 is 2.45 bits per heavy atom. The summed E-state index contributed by atoms with van der Waals surface area (Å²) in [5, 5.41) is 21.2. The third-order valence-corrected chi connectivity index (χ3v) is 5.37. The summed E-state index contributed by atoms with van der Waals surface area (Å²) in [4.78, 5) is 16.5. The summed E-state index contributed by atoms with van der Waals surface area (Å²) in [5.41, 5.74) is 3.80. The Kier molecular flexibility index (Phi) is 5.87. The molecule has 1 aromatic heterocycles. The molecule has 0 bridgehead atoms. The van der Waals surface area contributed by atoms with E-state index < -0.39 is 11.9 Å². The first kappa shape index (κ1) is 20.8. The fourth-order valence-corrected chi connectivity index (χ4v) is 3.71. The van der Waals surface area contributed by atoms with Gasteiger partial charge in [-0.2, -0.15) is 0 Å². The number of carboxylic acids is 1. The molecule has 0 amide bonds. The summed E-state index contributed by atoms with van der Waals surface area (Å²) >= 11 is 0. The van der Waals surface area contributed by atoms with Gasteiger partial charge >= 0.3 is 5.97 Å². The van der Waals surface area contributed by atoms with Crippen LogP contribution in [0.1, 0.15) is 50.1 Å². The van der Waals surface area contributed by atoms with Gasteiger partial charge in [-0.1, -0.05) is 26.8 Å². The zero-order valence-corrected chi connectivity index (χ0v) is 17.2. The summed E-state index contributed by atoms with van der Waals surface area (Å²) in [6.45, 7) is 7.64. The van der Waals surface area contributed by atoms with Crippen molar-refractivity contribution in [3.63, 3.8) is 0 Å². The molecule has 0 saturated heterocycles. The molecular formula is C24H26FNO3. The smallest absolute Gasteiger partial charge is 0.306 e. The summed E-state index contributed by atoms with van der Waals surface area (Å²) in [6.07, 6.45) is 0.779. The highest BCUT2D eigenvalue weighted by Gasteiger charge is 2.23. The van der Waals surface area contributed by atoms with E-state index in [0.717, 1.165) is 27.6 Å². The molecule has 1 heterocycles. The molecule has 1 unspecified atom stereocenters. The zero-order valence-electron chi connectivity index (χ0n) is 17.2. The van der Waals surface area contributed by atoms with Crippen LogP contribution in [0.5, 0.6) is 5.75 Å². The second-order valence-electron chi connectivity index (χ2n) is 7.81. The number of phenolic OH excluding ortho intramolecular Hbond substituents is 1. The van der Waals surface area contributed by atoms with Gasteiger partial charge in [-0.05, 0) is 66.1 Å². The molecule has 0 fully saturated rings. The lowest BCUT2D eigenvalue weighted by Gasteiger charge is -2.20. The minimum absolute atomic E-state index is 0.0808. The Balaban J connectivity index is 2.34. The Bertz CT molecular complexity index is 1080. The van der Waals surface area contributed by atoms with Crippen LogP contribution >= 0.6 is 0 Å². The molecule has 152 valence electrons. The van der Waals surface area contributed by atoms with Crippen molar-refractivity contribution in [2.75, 3.05) is 0 Å². The summed E-state index contributed by atoms with van der Waals surface area (Å²) < 4.78 is 13.9. The van der Waals surface area contributed by atoms with Gasteiger partial charge < -0.3 is 10.2 Å². The lowest BCUT2D eigenvalue weighted by Crippen LogP contribution is -2.17. The highest BCUT2D eigenvalue weighted by molar-refractivity contribution is 6.00. The highest BCUT2D eigenvalue weighted by Crippen LogP contribution is 2.38. The molecule has 3 aromatic rings. The second-order valence-corrected chi connectivity index (χ2v) is 7.81. The van der Waals surface area contributed by atoms with Crippen LogP contribution in [0, 0.1) is 18.7 Å². The fraction of sp³-hybridized carbons (Fsp3) is 0.333. The van der Waals surface area contributed by atoms with Crippen LogP contribution in [-0.4, -0.2) is 21.2 Å². The minimum Gasteiger partial charge on any atom is -0.508 e. The van der Waals surface area contributed by atoms with Crippen molar-refractivity contribution in [1.29, 1.82) is 0 Å². The molecule has 0 aliphatic carbocycles. The van der Waals surface area contributed by atoms with E-state index in [1.54, 1.807) is 31.2 Å². The van der Waals surface area contributed by atoms with Crippen molar-refractivity contribution in [3.8, 4) is 16.9 Å². The van der Waals surface area contributed by atoms with Crippen molar-refractivity contribution in [2.45, 2.75) is 46.5 Å². The molecular weight excluding hydrogens is 369 g/mol.